The molecule has 0 radical (unpaired) electrons. The van der Waals surface area contributed by atoms with E-state index in [0.29, 0.717) is 35.3 Å². The molecule has 0 aliphatic carbocycles. The molecule has 31 heavy (non-hydrogen) atoms. The number of halogens is 1. The zero-order valence-electron chi connectivity index (χ0n) is 17.0. The third kappa shape index (κ3) is 3.53. The lowest BCUT2D eigenvalue weighted by molar-refractivity contribution is 0.0735. The molecule has 1 aliphatic rings. The standard InChI is InChI=1S/C23H20FN3O3S/c1-14(16-5-8-20-21(11-16)30-10-9-29-20)26(2)22(28)19-13-31-23-25-18(12-27(19)23)15-3-6-17(24)7-4-15/h3-8,11-14H,9-10H2,1-2H3. The summed E-state index contributed by atoms with van der Waals surface area (Å²) in [6, 6.07) is 11.8. The SMILES string of the molecule is CC(c1ccc2c(c1)OCCO2)N(C)C(=O)c1csc2nc(-c3ccc(F)cc3)cn12. The van der Waals surface area contributed by atoms with E-state index in [4.69, 9.17) is 9.47 Å². The minimum absolute atomic E-state index is 0.114. The van der Waals surface area contributed by atoms with Gasteiger partial charge in [-0.1, -0.05) is 6.07 Å². The third-order valence-corrected chi connectivity index (χ3v) is 6.36. The number of rotatable bonds is 4. The first kappa shape index (κ1) is 19.6. The Kier molecular flexibility index (Phi) is 4.86. The molecule has 0 saturated heterocycles. The summed E-state index contributed by atoms with van der Waals surface area (Å²) in [7, 11) is 1.78. The van der Waals surface area contributed by atoms with E-state index in [2.05, 4.69) is 4.98 Å². The second kappa shape index (κ2) is 7.70. The molecule has 8 heteroatoms. The molecule has 1 amide bonds. The van der Waals surface area contributed by atoms with E-state index < -0.39 is 0 Å². The van der Waals surface area contributed by atoms with E-state index in [1.54, 1.807) is 28.5 Å². The summed E-state index contributed by atoms with van der Waals surface area (Å²) in [6.07, 6.45) is 1.81. The fourth-order valence-electron chi connectivity index (χ4n) is 3.60. The summed E-state index contributed by atoms with van der Waals surface area (Å²) in [5.74, 6) is 1.02. The second-order valence-corrected chi connectivity index (χ2v) is 8.24. The lowest BCUT2D eigenvalue weighted by Crippen LogP contribution is -2.30. The Morgan fingerprint density at radius 3 is 2.68 bits per heavy atom. The second-order valence-electron chi connectivity index (χ2n) is 7.40. The first-order valence-corrected chi connectivity index (χ1v) is 10.8. The number of hydrogen-bond acceptors (Lipinski definition) is 5. The van der Waals surface area contributed by atoms with Crippen LogP contribution >= 0.6 is 11.3 Å². The van der Waals surface area contributed by atoms with Crippen molar-refractivity contribution >= 4 is 22.2 Å². The lowest BCUT2D eigenvalue weighted by atomic mass is 10.1. The van der Waals surface area contributed by atoms with Gasteiger partial charge >= 0.3 is 0 Å². The summed E-state index contributed by atoms with van der Waals surface area (Å²) in [5.41, 5.74) is 2.99. The van der Waals surface area contributed by atoms with E-state index in [1.807, 2.05) is 36.7 Å². The zero-order chi connectivity index (χ0) is 21.5. The number of carbonyl (C=O) groups excluding carboxylic acids is 1. The van der Waals surface area contributed by atoms with Gasteiger partial charge in [0.25, 0.3) is 5.91 Å². The highest BCUT2D eigenvalue weighted by molar-refractivity contribution is 7.15. The predicted molar refractivity (Wildman–Crippen MR) is 116 cm³/mol. The topological polar surface area (TPSA) is 56.1 Å². The Morgan fingerprint density at radius 1 is 1.16 bits per heavy atom. The first-order valence-electron chi connectivity index (χ1n) is 9.90. The van der Waals surface area contributed by atoms with Crippen LogP contribution < -0.4 is 9.47 Å². The van der Waals surface area contributed by atoms with Gasteiger partial charge in [-0.25, -0.2) is 9.37 Å². The van der Waals surface area contributed by atoms with Crippen LogP contribution in [0.3, 0.4) is 0 Å². The first-order chi connectivity index (χ1) is 15.0. The van der Waals surface area contributed by atoms with E-state index in [1.165, 1.54) is 23.5 Å². The number of aromatic nitrogens is 2. The predicted octanol–water partition coefficient (Wildman–Crippen LogP) is 4.81. The number of carbonyl (C=O) groups is 1. The van der Waals surface area contributed by atoms with Crippen LogP contribution in [0.1, 0.15) is 29.0 Å². The Balaban J connectivity index is 1.42. The number of thiazole rings is 1. The molecule has 1 unspecified atom stereocenters. The fraction of sp³-hybridized carbons (Fsp3) is 0.217. The summed E-state index contributed by atoms with van der Waals surface area (Å²) >= 11 is 1.40. The molecular formula is C23H20FN3O3S. The molecule has 4 aromatic rings. The molecule has 158 valence electrons. The molecule has 0 spiro atoms. The van der Waals surface area contributed by atoms with E-state index >= 15 is 0 Å². The van der Waals surface area contributed by atoms with Crippen LogP contribution in [0.4, 0.5) is 4.39 Å². The molecule has 2 aromatic heterocycles. The summed E-state index contributed by atoms with van der Waals surface area (Å²) in [5, 5.41) is 1.81. The van der Waals surface area contributed by atoms with Crippen molar-refractivity contribution in [3.8, 4) is 22.8 Å². The molecule has 0 N–H and O–H groups in total. The van der Waals surface area contributed by atoms with Gasteiger partial charge in [-0.3, -0.25) is 9.20 Å². The highest BCUT2D eigenvalue weighted by Crippen LogP contribution is 2.34. The number of amides is 1. The molecule has 3 heterocycles. The number of benzene rings is 2. The normalized spacial score (nSPS) is 13.9. The highest BCUT2D eigenvalue weighted by Gasteiger charge is 2.24. The van der Waals surface area contributed by atoms with Crippen LogP contribution in [0.2, 0.25) is 0 Å². The summed E-state index contributed by atoms with van der Waals surface area (Å²) in [4.78, 5) is 20.3. The highest BCUT2D eigenvalue weighted by atomic mass is 32.1. The molecule has 1 aliphatic heterocycles. The monoisotopic (exact) mass is 437 g/mol. The summed E-state index contributed by atoms with van der Waals surface area (Å²) < 4.78 is 26.3. The van der Waals surface area contributed by atoms with Gasteiger partial charge in [0, 0.05) is 24.2 Å². The van der Waals surface area contributed by atoms with Crippen LogP contribution in [0.15, 0.2) is 54.0 Å². The third-order valence-electron chi connectivity index (χ3n) is 5.52. The van der Waals surface area contributed by atoms with Gasteiger partial charge in [0.05, 0.1) is 11.7 Å². The zero-order valence-corrected chi connectivity index (χ0v) is 17.9. The number of imidazole rings is 1. The van der Waals surface area contributed by atoms with Crippen molar-refractivity contribution in [2.75, 3.05) is 20.3 Å². The Labute approximate surface area is 182 Å². The maximum Gasteiger partial charge on any atom is 0.271 e. The average Bonchev–Trinajstić information content (AvgIpc) is 3.39. The average molecular weight is 437 g/mol. The van der Waals surface area contributed by atoms with Crippen LogP contribution in [-0.2, 0) is 0 Å². The van der Waals surface area contributed by atoms with Crippen molar-refractivity contribution in [3.05, 3.63) is 71.1 Å². The van der Waals surface area contributed by atoms with E-state index in [0.717, 1.165) is 16.9 Å². The van der Waals surface area contributed by atoms with Crippen molar-refractivity contribution in [3.63, 3.8) is 0 Å². The van der Waals surface area contributed by atoms with Crippen LogP contribution in [0, 0.1) is 5.82 Å². The number of nitrogens with zero attached hydrogens (tertiary/aromatic N) is 3. The van der Waals surface area contributed by atoms with Crippen LogP contribution in [0.5, 0.6) is 11.5 Å². The lowest BCUT2D eigenvalue weighted by Gasteiger charge is -2.26. The van der Waals surface area contributed by atoms with Crippen molar-refractivity contribution in [1.82, 2.24) is 14.3 Å². The van der Waals surface area contributed by atoms with Crippen molar-refractivity contribution in [2.24, 2.45) is 0 Å². The Bertz CT molecular complexity index is 1270. The van der Waals surface area contributed by atoms with Gasteiger partial charge < -0.3 is 14.4 Å². The maximum atomic E-state index is 13.3. The molecule has 1 atom stereocenters. The van der Waals surface area contributed by atoms with Gasteiger partial charge in [-0.15, -0.1) is 11.3 Å². The van der Waals surface area contributed by atoms with Gasteiger partial charge in [-0.05, 0) is 48.9 Å². The molecule has 0 bridgehead atoms. The fourth-order valence-corrected chi connectivity index (χ4v) is 4.44. The number of fused-ring (bicyclic) bond motifs is 2. The molecule has 0 saturated carbocycles. The van der Waals surface area contributed by atoms with Gasteiger partial charge in [0.1, 0.15) is 24.7 Å². The van der Waals surface area contributed by atoms with Crippen molar-refractivity contribution in [2.45, 2.75) is 13.0 Å². The Morgan fingerprint density at radius 2 is 1.90 bits per heavy atom. The minimum Gasteiger partial charge on any atom is -0.486 e. The molecular weight excluding hydrogens is 417 g/mol. The smallest absolute Gasteiger partial charge is 0.271 e. The molecule has 2 aromatic carbocycles. The van der Waals surface area contributed by atoms with Crippen molar-refractivity contribution < 1.29 is 18.7 Å². The van der Waals surface area contributed by atoms with Gasteiger partial charge in [-0.2, -0.15) is 0 Å². The van der Waals surface area contributed by atoms with Gasteiger partial charge in [0.15, 0.2) is 16.5 Å². The number of ether oxygens (including phenoxy) is 2. The van der Waals surface area contributed by atoms with E-state index in [-0.39, 0.29) is 17.8 Å². The molecule has 0 fully saturated rings. The largest absolute Gasteiger partial charge is 0.486 e. The Hall–Kier alpha value is -3.39. The van der Waals surface area contributed by atoms with Crippen molar-refractivity contribution in [1.29, 1.82) is 0 Å². The van der Waals surface area contributed by atoms with Gasteiger partial charge in [0.2, 0.25) is 0 Å². The van der Waals surface area contributed by atoms with Crippen LogP contribution in [0.25, 0.3) is 16.2 Å². The minimum atomic E-state index is -0.296. The quantitative estimate of drug-likeness (QED) is 0.460. The summed E-state index contributed by atoms with van der Waals surface area (Å²) in [6.45, 7) is 3.04. The van der Waals surface area contributed by atoms with Crippen LogP contribution in [-0.4, -0.2) is 40.5 Å². The van der Waals surface area contributed by atoms with E-state index in [9.17, 15) is 9.18 Å². The maximum absolute atomic E-state index is 13.3. The number of hydrogen-bond donors (Lipinski definition) is 0. The molecule has 5 rings (SSSR count). The molecule has 6 nitrogen and oxygen atoms in total.